The smallest absolute Gasteiger partial charge is 0.0662 e. The number of aromatic nitrogens is 1. The number of fused-ring (bicyclic) bond motifs is 1. The van der Waals surface area contributed by atoms with Crippen LogP contribution < -0.4 is 11.5 Å². The molecule has 0 unspecified atom stereocenters. The van der Waals surface area contributed by atoms with Crippen LogP contribution in [0.5, 0.6) is 0 Å². The number of hydrogen-bond donors (Lipinski definition) is 2. The van der Waals surface area contributed by atoms with Crippen molar-refractivity contribution in [1.29, 1.82) is 0 Å². The van der Waals surface area contributed by atoms with Gasteiger partial charge < -0.3 is 11.5 Å². The zero-order chi connectivity index (χ0) is 9.97. The van der Waals surface area contributed by atoms with Crippen LogP contribution in [0.2, 0.25) is 0 Å². The van der Waals surface area contributed by atoms with E-state index in [-0.39, 0.29) is 6.04 Å². The Labute approximate surface area is 82.7 Å². The van der Waals surface area contributed by atoms with Crippen molar-refractivity contribution in [3.63, 3.8) is 0 Å². The van der Waals surface area contributed by atoms with Crippen LogP contribution in [-0.2, 0) is 0 Å². The van der Waals surface area contributed by atoms with Crippen molar-refractivity contribution in [3.05, 3.63) is 42.2 Å². The Hall–Kier alpha value is -1.45. The average molecular weight is 187 g/mol. The summed E-state index contributed by atoms with van der Waals surface area (Å²) in [6.45, 7) is 0.418. The minimum Gasteiger partial charge on any atom is -0.329 e. The maximum atomic E-state index is 5.87. The molecule has 0 saturated heterocycles. The molecule has 1 aromatic heterocycles. The van der Waals surface area contributed by atoms with Gasteiger partial charge in [-0.25, -0.2) is 0 Å². The molecule has 2 aromatic rings. The van der Waals surface area contributed by atoms with Gasteiger partial charge in [0.15, 0.2) is 0 Å². The van der Waals surface area contributed by atoms with E-state index in [1.807, 2.05) is 30.3 Å². The molecular formula is C11H13N3. The lowest BCUT2D eigenvalue weighted by Gasteiger charge is -2.10. The molecule has 0 amide bonds. The van der Waals surface area contributed by atoms with Crippen LogP contribution >= 0.6 is 0 Å². The predicted octanol–water partition coefficient (Wildman–Crippen LogP) is 1.19. The predicted molar refractivity (Wildman–Crippen MR) is 57.7 cm³/mol. The zero-order valence-corrected chi connectivity index (χ0v) is 7.85. The van der Waals surface area contributed by atoms with Crippen LogP contribution in [0.3, 0.4) is 0 Å². The molecule has 72 valence electrons. The zero-order valence-electron chi connectivity index (χ0n) is 7.85. The molecule has 0 saturated carbocycles. The maximum absolute atomic E-state index is 5.87. The van der Waals surface area contributed by atoms with Gasteiger partial charge in [-0.05, 0) is 11.5 Å². The molecule has 3 nitrogen and oxygen atoms in total. The normalized spacial score (nSPS) is 13.0. The summed E-state index contributed by atoms with van der Waals surface area (Å²) in [6, 6.07) is 9.84. The van der Waals surface area contributed by atoms with Gasteiger partial charge in [0.2, 0.25) is 0 Å². The van der Waals surface area contributed by atoms with E-state index in [0.29, 0.717) is 6.54 Å². The van der Waals surface area contributed by atoms with E-state index in [1.54, 1.807) is 6.20 Å². The number of hydrogen-bond acceptors (Lipinski definition) is 3. The fourth-order valence-electron chi connectivity index (χ4n) is 1.55. The van der Waals surface area contributed by atoms with E-state index in [0.717, 1.165) is 16.5 Å². The Morgan fingerprint density at radius 1 is 1.21 bits per heavy atom. The van der Waals surface area contributed by atoms with E-state index in [9.17, 15) is 0 Å². The van der Waals surface area contributed by atoms with Crippen LogP contribution in [0, 0.1) is 0 Å². The van der Waals surface area contributed by atoms with Crippen LogP contribution in [0.1, 0.15) is 11.7 Å². The van der Waals surface area contributed by atoms with Crippen LogP contribution in [0.25, 0.3) is 10.8 Å². The van der Waals surface area contributed by atoms with Crippen LogP contribution in [-0.4, -0.2) is 11.5 Å². The van der Waals surface area contributed by atoms with Crippen molar-refractivity contribution in [3.8, 4) is 0 Å². The van der Waals surface area contributed by atoms with Gasteiger partial charge in [0, 0.05) is 18.1 Å². The van der Waals surface area contributed by atoms with Crippen molar-refractivity contribution < 1.29 is 0 Å². The van der Waals surface area contributed by atoms with Gasteiger partial charge >= 0.3 is 0 Å². The minimum absolute atomic E-state index is 0.180. The molecule has 2 rings (SSSR count). The largest absolute Gasteiger partial charge is 0.329 e. The van der Waals surface area contributed by atoms with Gasteiger partial charge in [0.05, 0.1) is 11.7 Å². The average Bonchev–Trinajstić information content (AvgIpc) is 2.27. The molecule has 0 radical (unpaired) electrons. The number of nitrogens with two attached hydrogens (primary N) is 2. The molecule has 0 spiro atoms. The lowest BCUT2D eigenvalue weighted by Crippen LogP contribution is -2.22. The first-order valence-corrected chi connectivity index (χ1v) is 4.62. The quantitative estimate of drug-likeness (QED) is 0.742. The third-order valence-corrected chi connectivity index (χ3v) is 2.31. The topological polar surface area (TPSA) is 64.9 Å². The summed E-state index contributed by atoms with van der Waals surface area (Å²) < 4.78 is 0. The highest BCUT2D eigenvalue weighted by atomic mass is 14.8. The Morgan fingerprint density at radius 3 is 2.79 bits per heavy atom. The first-order valence-electron chi connectivity index (χ1n) is 4.62. The van der Waals surface area contributed by atoms with Crippen molar-refractivity contribution in [1.82, 2.24) is 4.98 Å². The third kappa shape index (κ3) is 1.47. The highest BCUT2D eigenvalue weighted by molar-refractivity contribution is 5.84. The first kappa shape index (κ1) is 9.12. The summed E-state index contributed by atoms with van der Waals surface area (Å²) in [4.78, 5) is 4.27. The monoisotopic (exact) mass is 187 g/mol. The van der Waals surface area contributed by atoms with Gasteiger partial charge in [-0.2, -0.15) is 0 Å². The van der Waals surface area contributed by atoms with Gasteiger partial charge in [0.25, 0.3) is 0 Å². The summed E-state index contributed by atoms with van der Waals surface area (Å²) in [5.74, 6) is 0. The molecule has 1 aromatic carbocycles. The van der Waals surface area contributed by atoms with Gasteiger partial charge in [-0.1, -0.05) is 24.3 Å². The van der Waals surface area contributed by atoms with Gasteiger partial charge in [-0.3, -0.25) is 4.98 Å². The minimum atomic E-state index is -0.180. The van der Waals surface area contributed by atoms with Crippen molar-refractivity contribution in [2.75, 3.05) is 6.54 Å². The first-order chi connectivity index (χ1) is 6.83. The van der Waals surface area contributed by atoms with E-state index in [4.69, 9.17) is 11.5 Å². The molecule has 0 bridgehead atoms. The number of pyridine rings is 1. The Balaban J connectivity index is 2.65. The Kier molecular flexibility index (Phi) is 2.43. The standard InChI is InChI=1S/C11H13N3/c12-7-10(13)11-9-4-2-1-3-8(9)5-6-14-11/h1-6,10H,7,12-13H2/t10-/m0/s1. The van der Waals surface area contributed by atoms with Crippen molar-refractivity contribution in [2.24, 2.45) is 11.5 Å². The van der Waals surface area contributed by atoms with Crippen molar-refractivity contribution >= 4 is 10.8 Å². The molecular weight excluding hydrogens is 174 g/mol. The van der Waals surface area contributed by atoms with Gasteiger partial charge in [0.1, 0.15) is 0 Å². The lowest BCUT2D eigenvalue weighted by atomic mass is 10.1. The van der Waals surface area contributed by atoms with E-state index in [2.05, 4.69) is 4.98 Å². The number of rotatable bonds is 2. The summed E-state index contributed by atoms with van der Waals surface area (Å²) in [7, 11) is 0. The second-order valence-corrected chi connectivity index (χ2v) is 3.26. The lowest BCUT2D eigenvalue weighted by molar-refractivity contribution is 0.719. The van der Waals surface area contributed by atoms with Crippen LogP contribution in [0.15, 0.2) is 36.5 Å². The van der Waals surface area contributed by atoms with E-state index >= 15 is 0 Å². The Morgan fingerprint density at radius 2 is 2.00 bits per heavy atom. The maximum Gasteiger partial charge on any atom is 0.0662 e. The highest BCUT2D eigenvalue weighted by Gasteiger charge is 2.08. The molecule has 0 aliphatic heterocycles. The molecule has 1 heterocycles. The number of benzene rings is 1. The third-order valence-electron chi connectivity index (χ3n) is 2.31. The highest BCUT2D eigenvalue weighted by Crippen LogP contribution is 2.19. The molecule has 14 heavy (non-hydrogen) atoms. The molecule has 1 atom stereocenters. The molecule has 0 aliphatic carbocycles. The summed E-state index contributed by atoms with van der Waals surface area (Å²) in [5.41, 5.74) is 12.3. The van der Waals surface area contributed by atoms with Crippen molar-refractivity contribution in [2.45, 2.75) is 6.04 Å². The number of nitrogens with zero attached hydrogens (tertiary/aromatic N) is 1. The molecule has 0 fully saturated rings. The van der Waals surface area contributed by atoms with Crippen LogP contribution in [0.4, 0.5) is 0 Å². The van der Waals surface area contributed by atoms with Gasteiger partial charge in [-0.15, -0.1) is 0 Å². The molecule has 0 aliphatic rings. The van der Waals surface area contributed by atoms with E-state index < -0.39 is 0 Å². The summed E-state index contributed by atoms with van der Waals surface area (Å²) >= 11 is 0. The Bertz CT molecular complexity index is 434. The fourth-order valence-corrected chi connectivity index (χ4v) is 1.55. The fraction of sp³-hybridized carbons (Fsp3) is 0.182. The second kappa shape index (κ2) is 3.74. The molecule has 4 N–H and O–H groups in total. The summed E-state index contributed by atoms with van der Waals surface area (Å²) in [5, 5.41) is 2.24. The summed E-state index contributed by atoms with van der Waals surface area (Å²) in [6.07, 6.45) is 1.77. The van der Waals surface area contributed by atoms with E-state index in [1.165, 1.54) is 0 Å². The SMILES string of the molecule is NC[C@H](N)c1nccc2ccccc12. The molecule has 3 heteroatoms. The second-order valence-electron chi connectivity index (χ2n) is 3.26.